The van der Waals surface area contributed by atoms with Gasteiger partial charge in [0.2, 0.25) is 5.91 Å². The molecule has 1 heterocycles. The van der Waals surface area contributed by atoms with Crippen LogP contribution in [0, 0.1) is 0 Å². The quantitative estimate of drug-likeness (QED) is 0.742. The van der Waals surface area contributed by atoms with Crippen LogP contribution in [-0.2, 0) is 15.6 Å². The third-order valence-corrected chi connectivity index (χ3v) is 3.66. The Kier molecular flexibility index (Phi) is 4.73. The number of nitrogens with zero attached hydrogens (tertiary/aromatic N) is 1. The average Bonchev–Trinajstić information content (AvgIpc) is 2.56. The number of rotatable bonds is 5. The van der Waals surface area contributed by atoms with E-state index in [0.29, 0.717) is 12.4 Å². The standard InChI is InChI=1S/C10H20N2O2S/c1-4-9-10(13)12(7-11-9)8(2)5-6-15(3)14/h8-9,11H,4-7H2,1-3H3. The highest BCUT2D eigenvalue weighted by atomic mass is 32.2. The highest BCUT2D eigenvalue weighted by Gasteiger charge is 2.32. The molecular formula is C10H20N2O2S. The number of amides is 1. The van der Waals surface area contributed by atoms with Gasteiger partial charge in [0, 0.05) is 28.9 Å². The molecule has 1 N–H and O–H groups in total. The molecule has 0 saturated carbocycles. The van der Waals surface area contributed by atoms with E-state index in [2.05, 4.69) is 5.32 Å². The van der Waals surface area contributed by atoms with Crippen LogP contribution in [0.25, 0.3) is 0 Å². The summed E-state index contributed by atoms with van der Waals surface area (Å²) in [5, 5.41) is 3.18. The van der Waals surface area contributed by atoms with Crippen LogP contribution in [0.2, 0.25) is 0 Å². The van der Waals surface area contributed by atoms with E-state index in [1.807, 2.05) is 18.7 Å². The van der Waals surface area contributed by atoms with Gasteiger partial charge in [-0.15, -0.1) is 0 Å². The molecule has 0 aromatic rings. The molecule has 15 heavy (non-hydrogen) atoms. The van der Waals surface area contributed by atoms with Crippen molar-refractivity contribution in [1.29, 1.82) is 0 Å². The van der Waals surface area contributed by atoms with Crippen molar-refractivity contribution in [2.75, 3.05) is 18.7 Å². The second-order valence-electron chi connectivity index (χ2n) is 4.05. The predicted octanol–water partition coefficient (Wildman–Crippen LogP) is 0.311. The van der Waals surface area contributed by atoms with Crippen molar-refractivity contribution in [1.82, 2.24) is 10.2 Å². The summed E-state index contributed by atoms with van der Waals surface area (Å²) >= 11 is 0. The zero-order valence-electron chi connectivity index (χ0n) is 9.66. The van der Waals surface area contributed by atoms with Crippen molar-refractivity contribution in [3.63, 3.8) is 0 Å². The van der Waals surface area contributed by atoms with Gasteiger partial charge in [-0.1, -0.05) is 6.92 Å². The van der Waals surface area contributed by atoms with E-state index < -0.39 is 10.8 Å². The van der Waals surface area contributed by atoms with Gasteiger partial charge in [-0.05, 0) is 19.8 Å². The smallest absolute Gasteiger partial charge is 0.241 e. The zero-order valence-corrected chi connectivity index (χ0v) is 10.5. The third-order valence-electron chi connectivity index (χ3n) is 2.85. The lowest BCUT2D eigenvalue weighted by Crippen LogP contribution is -2.37. The summed E-state index contributed by atoms with van der Waals surface area (Å²) in [6, 6.07) is 0.171. The van der Waals surface area contributed by atoms with Crippen molar-refractivity contribution < 1.29 is 9.00 Å². The van der Waals surface area contributed by atoms with E-state index >= 15 is 0 Å². The molecule has 1 aliphatic heterocycles. The number of hydrogen-bond donors (Lipinski definition) is 1. The van der Waals surface area contributed by atoms with Crippen LogP contribution in [0.15, 0.2) is 0 Å². The van der Waals surface area contributed by atoms with Crippen molar-refractivity contribution in [3.8, 4) is 0 Å². The van der Waals surface area contributed by atoms with Crippen LogP contribution in [0.1, 0.15) is 26.7 Å². The number of carbonyl (C=O) groups excluding carboxylic acids is 1. The van der Waals surface area contributed by atoms with Gasteiger partial charge >= 0.3 is 0 Å². The van der Waals surface area contributed by atoms with Crippen LogP contribution in [-0.4, -0.2) is 45.8 Å². The minimum Gasteiger partial charge on any atom is -0.326 e. The molecule has 0 bridgehead atoms. The molecule has 5 heteroatoms. The fourth-order valence-electron chi connectivity index (χ4n) is 1.76. The minimum atomic E-state index is -0.766. The monoisotopic (exact) mass is 232 g/mol. The fraction of sp³-hybridized carbons (Fsp3) is 0.900. The lowest BCUT2D eigenvalue weighted by atomic mass is 10.2. The predicted molar refractivity (Wildman–Crippen MR) is 61.9 cm³/mol. The van der Waals surface area contributed by atoms with Crippen molar-refractivity contribution in [3.05, 3.63) is 0 Å². The van der Waals surface area contributed by atoms with E-state index in [9.17, 15) is 9.00 Å². The number of hydrogen-bond acceptors (Lipinski definition) is 3. The maximum Gasteiger partial charge on any atom is 0.241 e. The van der Waals surface area contributed by atoms with Crippen molar-refractivity contribution in [2.24, 2.45) is 0 Å². The molecule has 4 nitrogen and oxygen atoms in total. The van der Waals surface area contributed by atoms with E-state index in [1.54, 1.807) is 6.26 Å². The van der Waals surface area contributed by atoms with Crippen LogP contribution >= 0.6 is 0 Å². The van der Waals surface area contributed by atoms with Gasteiger partial charge in [0.05, 0.1) is 12.7 Å². The van der Waals surface area contributed by atoms with Gasteiger partial charge in [-0.2, -0.15) is 0 Å². The molecular weight excluding hydrogens is 212 g/mol. The van der Waals surface area contributed by atoms with E-state index in [4.69, 9.17) is 0 Å². The van der Waals surface area contributed by atoms with Crippen LogP contribution in [0.4, 0.5) is 0 Å². The Labute approximate surface area is 93.9 Å². The Bertz CT molecular complexity index is 258. The topological polar surface area (TPSA) is 49.4 Å². The van der Waals surface area contributed by atoms with Crippen molar-refractivity contribution in [2.45, 2.75) is 38.8 Å². The molecule has 88 valence electrons. The van der Waals surface area contributed by atoms with Gasteiger partial charge in [-0.3, -0.25) is 14.3 Å². The molecule has 1 aliphatic rings. The zero-order chi connectivity index (χ0) is 11.4. The molecule has 0 aliphatic carbocycles. The lowest BCUT2D eigenvalue weighted by Gasteiger charge is -2.23. The van der Waals surface area contributed by atoms with Gasteiger partial charge in [-0.25, -0.2) is 0 Å². The minimum absolute atomic E-state index is 0.0143. The van der Waals surface area contributed by atoms with Crippen LogP contribution < -0.4 is 5.32 Å². The third kappa shape index (κ3) is 3.28. The molecule has 0 aromatic carbocycles. The first-order valence-corrected chi connectivity index (χ1v) is 7.12. The molecule has 1 saturated heterocycles. The lowest BCUT2D eigenvalue weighted by molar-refractivity contribution is -0.130. The van der Waals surface area contributed by atoms with E-state index in [-0.39, 0.29) is 18.0 Å². The van der Waals surface area contributed by atoms with Crippen molar-refractivity contribution >= 4 is 16.7 Å². The van der Waals surface area contributed by atoms with Gasteiger partial charge in [0.25, 0.3) is 0 Å². The van der Waals surface area contributed by atoms with Gasteiger partial charge in [0.15, 0.2) is 0 Å². The Balaban J connectivity index is 2.44. The van der Waals surface area contributed by atoms with Gasteiger partial charge < -0.3 is 4.90 Å². The normalized spacial score (nSPS) is 25.7. The molecule has 3 unspecified atom stereocenters. The first-order chi connectivity index (χ1) is 7.06. The second kappa shape index (κ2) is 5.61. The summed E-state index contributed by atoms with van der Waals surface area (Å²) < 4.78 is 11.0. The van der Waals surface area contributed by atoms with E-state index in [1.165, 1.54) is 0 Å². The maximum absolute atomic E-state index is 11.8. The summed E-state index contributed by atoms with van der Waals surface area (Å²) in [5.74, 6) is 0.855. The molecule has 0 spiro atoms. The maximum atomic E-state index is 11.8. The number of nitrogens with one attached hydrogen (secondary N) is 1. The van der Waals surface area contributed by atoms with Crippen LogP contribution in [0.3, 0.4) is 0 Å². The summed E-state index contributed by atoms with van der Waals surface area (Å²) in [5.41, 5.74) is 0. The Hall–Kier alpha value is -0.420. The van der Waals surface area contributed by atoms with Gasteiger partial charge in [0.1, 0.15) is 0 Å². The molecule has 0 radical (unpaired) electrons. The Morgan fingerprint density at radius 1 is 1.67 bits per heavy atom. The Morgan fingerprint density at radius 2 is 2.33 bits per heavy atom. The molecule has 0 aromatic heterocycles. The highest BCUT2D eigenvalue weighted by molar-refractivity contribution is 7.84. The summed E-state index contributed by atoms with van der Waals surface area (Å²) in [6.07, 6.45) is 3.35. The molecule has 1 rings (SSSR count). The average molecular weight is 232 g/mol. The Morgan fingerprint density at radius 3 is 2.80 bits per heavy atom. The SMILES string of the molecule is CCC1NCN(C(C)CCS(C)=O)C1=O. The second-order valence-corrected chi connectivity index (χ2v) is 5.60. The first kappa shape index (κ1) is 12.6. The summed E-state index contributed by atoms with van der Waals surface area (Å²) in [7, 11) is -0.766. The summed E-state index contributed by atoms with van der Waals surface area (Å²) in [6.45, 7) is 4.66. The molecule has 3 atom stereocenters. The van der Waals surface area contributed by atoms with E-state index in [0.717, 1.165) is 12.8 Å². The highest BCUT2D eigenvalue weighted by Crippen LogP contribution is 2.12. The largest absolute Gasteiger partial charge is 0.326 e. The summed E-state index contributed by atoms with van der Waals surface area (Å²) in [4.78, 5) is 13.7. The molecule has 1 fully saturated rings. The van der Waals surface area contributed by atoms with Crippen LogP contribution in [0.5, 0.6) is 0 Å². The molecule has 1 amide bonds. The fourth-order valence-corrected chi connectivity index (χ4v) is 2.43. The number of carbonyl (C=O) groups is 1. The first-order valence-electron chi connectivity index (χ1n) is 5.40.